The predicted octanol–water partition coefficient (Wildman–Crippen LogP) is 2.34. The molecule has 0 aliphatic heterocycles. The Kier molecular flexibility index (Phi) is 5.22. The van der Waals surface area contributed by atoms with E-state index in [9.17, 15) is 0 Å². The predicted molar refractivity (Wildman–Crippen MR) is 83.9 cm³/mol. The molecule has 1 aliphatic rings. The van der Waals surface area contributed by atoms with Crippen molar-refractivity contribution >= 4 is 0 Å². The summed E-state index contributed by atoms with van der Waals surface area (Å²) in [6.07, 6.45) is 5.60. The molecule has 2 rings (SSSR count). The molecule has 1 fully saturated rings. The van der Waals surface area contributed by atoms with Crippen molar-refractivity contribution in [1.82, 2.24) is 19.4 Å². The van der Waals surface area contributed by atoms with Crippen molar-refractivity contribution in [2.75, 3.05) is 27.2 Å². The third-order valence-corrected chi connectivity index (χ3v) is 4.90. The number of aryl methyl sites for hydroxylation is 1. The summed E-state index contributed by atoms with van der Waals surface area (Å²) < 4.78 is 2.21. The van der Waals surface area contributed by atoms with Crippen LogP contribution in [-0.4, -0.2) is 52.6 Å². The third kappa shape index (κ3) is 3.61. The zero-order chi connectivity index (χ0) is 14.7. The molecule has 0 aromatic carbocycles. The van der Waals surface area contributed by atoms with Gasteiger partial charge in [-0.1, -0.05) is 12.8 Å². The molecule has 0 N–H and O–H groups in total. The summed E-state index contributed by atoms with van der Waals surface area (Å²) in [6, 6.07) is 0.820. The summed E-state index contributed by atoms with van der Waals surface area (Å²) in [5.74, 6) is 1.17. The van der Waals surface area contributed by atoms with E-state index in [-0.39, 0.29) is 0 Å². The van der Waals surface area contributed by atoms with E-state index < -0.39 is 0 Å². The zero-order valence-electron chi connectivity index (χ0n) is 13.8. The van der Waals surface area contributed by atoms with Gasteiger partial charge in [0.25, 0.3) is 0 Å². The molecule has 1 aromatic rings. The Morgan fingerprint density at radius 2 is 1.80 bits per heavy atom. The lowest BCUT2D eigenvalue weighted by Gasteiger charge is -2.26. The molecule has 4 nitrogen and oxygen atoms in total. The van der Waals surface area contributed by atoms with Crippen molar-refractivity contribution in [2.45, 2.75) is 52.1 Å². The largest absolute Gasteiger partial charge is 0.334 e. The number of rotatable bonds is 6. The Morgan fingerprint density at radius 1 is 1.15 bits per heavy atom. The van der Waals surface area contributed by atoms with Gasteiger partial charge in [0.1, 0.15) is 5.82 Å². The van der Waals surface area contributed by atoms with E-state index in [1.165, 1.54) is 37.2 Å². The smallest absolute Gasteiger partial charge is 0.123 e. The van der Waals surface area contributed by atoms with Gasteiger partial charge >= 0.3 is 0 Å². The highest BCUT2D eigenvalue weighted by atomic mass is 15.2. The Morgan fingerprint density at radius 3 is 2.35 bits per heavy atom. The molecule has 0 amide bonds. The Balaban J connectivity index is 1.80. The van der Waals surface area contributed by atoms with Crippen molar-refractivity contribution in [3.8, 4) is 0 Å². The highest BCUT2D eigenvalue weighted by Gasteiger charge is 2.19. The summed E-state index contributed by atoms with van der Waals surface area (Å²) in [4.78, 5) is 9.58. The van der Waals surface area contributed by atoms with Gasteiger partial charge < -0.3 is 9.47 Å². The molecular weight excluding hydrogens is 248 g/mol. The van der Waals surface area contributed by atoms with Crippen molar-refractivity contribution in [3.63, 3.8) is 0 Å². The van der Waals surface area contributed by atoms with Crippen LogP contribution in [0.2, 0.25) is 0 Å². The number of likely N-dealkylation sites (N-methyl/N-ethyl adjacent to an activating group) is 2. The fourth-order valence-electron chi connectivity index (χ4n) is 3.10. The van der Waals surface area contributed by atoms with Gasteiger partial charge in [-0.05, 0) is 40.8 Å². The summed E-state index contributed by atoms with van der Waals surface area (Å²) in [5.41, 5.74) is 2.43. The van der Waals surface area contributed by atoms with E-state index >= 15 is 0 Å². The maximum absolute atomic E-state index is 4.66. The van der Waals surface area contributed by atoms with E-state index in [4.69, 9.17) is 0 Å². The van der Waals surface area contributed by atoms with Crippen LogP contribution < -0.4 is 0 Å². The van der Waals surface area contributed by atoms with E-state index in [1.807, 2.05) is 0 Å². The quantitative estimate of drug-likeness (QED) is 0.798. The van der Waals surface area contributed by atoms with E-state index in [0.29, 0.717) is 0 Å². The lowest BCUT2D eigenvalue weighted by molar-refractivity contribution is 0.202. The molecule has 0 atom stereocenters. The molecule has 1 aliphatic carbocycles. The summed E-state index contributed by atoms with van der Waals surface area (Å²) in [7, 11) is 6.59. The van der Waals surface area contributed by atoms with Gasteiger partial charge in [0, 0.05) is 31.9 Å². The van der Waals surface area contributed by atoms with Gasteiger partial charge in [-0.15, -0.1) is 0 Å². The summed E-state index contributed by atoms with van der Waals surface area (Å²) in [6.45, 7) is 7.43. The van der Waals surface area contributed by atoms with Crippen LogP contribution in [-0.2, 0) is 13.6 Å². The van der Waals surface area contributed by atoms with Crippen LogP contribution in [0.1, 0.15) is 42.9 Å². The van der Waals surface area contributed by atoms with Crippen LogP contribution in [0.3, 0.4) is 0 Å². The normalized spacial score (nSPS) is 16.8. The van der Waals surface area contributed by atoms with Gasteiger partial charge in [-0.3, -0.25) is 4.90 Å². The lowest BCUT2D eigenvalue weighted by Crippen LogP contribution is -2.36. The minimum Gasteiger partial charge on any atom is -0.334 e. The molecule has 0 bridgehead atoms. The fraction of sp³-hybridized carbons (Fsp3) is 0.812. The molecule has 20 heavy (non-hydrogen) atoms. The number of aromatic nitrogens is 2. The number of hydrogen-bond acceptors (Lipinski definition) is 3. The molecule has 1 saturated carbocycles. The number of hydrogen-bond donors (Lipinski definition) is 0. The van der Waals surface area contributed by atoms with Gasteiger partial charge in [-0.25, -0.2) is 4.98 Å². The molecule has 1 heterocycles. The first-order valence-corrected chi connectivity index (χ1v) is 7.86. The zero-order valence-corrected chi connectivity index (χ0v) is 13.8. The standard InChI is InChI=1S/C16H30N4/c1-13-14(2)20(5)16(17-13)12-18(3)10-11-19(4)15-8-6-7-9-15/h15H,6-12H2,1-5H3. The molecule has 0 spiro atoms. The van der Waals surface area contributed by atoms with Gasteiger partial charge in [0.2, 0.25) is 0 Å². The molecule has 1 aromatic heterocycles. The summed E-state index contributed by atoms with van der Waals surface area (Å²) in [5, 5.41) is 0. The van der Waals surface area contributed by atoms with E-state index in [1.54, 1.807) is 0 Å². The van der Waals surface area contributed by atoms with Crippen LogP contribution in [0.25, 0.3) is 0 Å². The van der Waals surface area contributed by atoms with Gasteiger partial charge in [0.15, 0.2) is 0 Å². The van der Waals surface area contributed by atoms with Crippen LogP contribution in [0, 0.1) is 13.8 Å². The van der Waals surface area contributed by atoms with Crippen LogP contribution >= 0.6 is 0 Å². The van der Waals surface area contributed by atoms with Crippen LogP contribution in [0.4, 0.5) is 0 Å². The van der Waals surface area contributed by atoms with E-state index in [2.05, 4.69) is 54.3 Å². The SMILES string of the molecule is Cc1nc(CN(C)CCN(C)C2CCCC2)n(C)c1C. The average molecular weight is 278 g/mol. The van der Waals surface area contributed by atoms with Gasteiger partial charge in [-0.2, -0.15) is 0 Å². The van der Waals surface area contributed by atoms with Crippen molar-refractivity contribution < 1.29 is 0 Å². The highest BCUT2D eigenvalue weighted by molar-refractivity contribution is 5.13. The molecule has 0 radical (unpaired) electrons. The average Bonchev–Trinajstić information content (AvgIpc) is 3.02. The number of nitrogens with zero attached hydrogens (tertiary/aromatic N) is 4. The lowest BCUT2D eigenvalue weighted by atomic mass is 10.2. The first-order valence-electron chi connectivity index (χ1n) is 7.86. The Hall–Kier alpha value is -0.870. The van der Waals surface area contributed by atoms with Crippen LogP contribution in [0.15, 0.2) is 0 Å². The summed E-state index contributed by atoms with van der Waals surface area (Å²) >= 11 is 0. The number of imidazole rings is 1. The molecule has 114 valence electrons. The maximum Gasteiger partial charge on any atom is 0.123 e. The second-order valence-corrected chi connectivity index (χ2v) is 6.41. The van der Waals surface area contributed by atoms with E-state index in [0.717, 1.165) is 31.4 Å². The van der Waals surface area contributed by atoms with Crippen molar-refractivity contribution in [3.05, 3.63) is 17.2 Å². The van der Waals surface area contributed by atoms with Crippen molar-refractivity contribution in [2.24, 2.45) is 7.05 Å². The minimum absolute atomic E-state index is 0.820. The fourth-order valence-corrected chi connectivity index (χ4v) is 3.10. The molecule has 0 saturated heterocycles. The van der Waals surface area contributed by atoms with Crippen LogP contribution in [0.5, 0.6) is 0 Å². The molecule has 0 unspecified atom stereocenters. The first kappa shape index (κ1) is 15.5. The monoisotopic (exact) mass is 278 g/mol. The molecule has 4 heteroatoms. The topological polar surface area (TPSA) is 24.3 Å². The Labute approximate surface area is 123 Å². The maximum atomic E-state index is 4.66. The third-order valence-electron chi connectivity index (χ3n) is 4.90. The second-order valence-electron chi connectivity index (χ2n) is 6.41. The first-order chi connectivity index (χ1) is 9.49. The van der Waals surface area contributed by atoms with Gasteiger partial charge in [0.05, 0.1) is 12.2 Å². The second kappa shape index (κ2) is 6.72. The minimum atomic E-state index is 0.820. The Bertz CT molecular complexity index is 432. The van der Waals surface area contributed by atoms with Crippen molar-refractivity contribution in [1.29, 1.82) is 0 Å². The highest BCUT2D eigenvalue weighted by Crippen LogP contribution is 2.22. The molecular formula is C16H30N4.